The van der Waals surface area contributed by atoms with Gasteiger partial charge >= 0.3 is 0 Å². The third kappa shape index (κ3) is 4.42. The van der Waals surface area contributed by atoms with E-state index in [0.29, 0.717) is 17.9 Å². The van der Waals surface area contributed by atoms with Gasteiger partial charge in [-0.3, -0.25) is 4.79 Å². The highest BCUT2D eigenvalue weighted by Crippen LogP contribution is 2.26. The summed E-state index contributed by atoms with van der Waals surface area (Å²) in [6, 6.07) is 15.7. The largest absolute Gasteiger partial charge is 0.492 e. The van der Waals surface area contributed by atoms with Crippen molar-refractivity contribution in [2.75, 3.05) is 11.9 Å². The molecule has 0 N–H and O–H groups in total. The molecule has 21 heavy (non-hydrogen) atoms. The highest BCUT2D eigenvalue weighted by molar-refractivity contribution is 9.10. The summed E-state index contributed by atoms with van der Waals surface area (Å²) in [5, 5.41) is 0.808. The Kier molecular flexibility index (Phi) is 6.00. The molecule has 0 saturated heterocycles. The van der Waals surface area contributed by atoms with Gasteiger partial charge in [-0.05, 0) is 30.7 Å². The molecule has 0 bridgehead atoms. The molecule has 2 aromatic carbocycles. The summed E-state index contributed by atoms with van der Waals surface area (Å²) >= 11 is 6.91. The smallest absolute Gasteiger partial charge is 0.163 e. The van der Waals surface area contributed by atoms with Crippen LogP contribution in [0, 0.1) is 0 Å². The van der Waals surface area contributed by atoms with E-state index >= 15 is 0 Å². The second kappa shape index (κ2) is 7.76. The molecule has 0 aliphatic heterocycles. The van der Waals surface area contributed by atoms with Crippen LogP contribution in [0.3, 0.4) is 0 Å². The fraction of sp³-hybridized carbons (Fsp3) is 0.235. The molecule has 2 aromatic rings. The molecule has 0 saturated carbocycles. The lowest BCUT2D eigenvalue weighted by molar-refractivity contribution is 0.101. The Morgan fingerprint density at radius 3 is 2.52 bits per heavy atom. The van der Waals surface area contributed by atoms with Gasteiger partial charge in [-0.15, -0.1) is 0 Å². The quantitative estimate of drug-likeness (QED) is 0.481. The maximum Gasteiger partial charge on any atom is 0.163 e. The van der Waals surface area contributed by atoms with Crippen molar-refractivity contribution in [2.45, 2.75) is 12.8 Å². The molecular weight excluding hydrogens is 396 g/mol. The van der Waals surface area contributed by atoms with Crippen LogP contribution in [0.15, 0.2) is 53.0 Å². The third-order valence-electron chi connectivity index (χ3n) is 3.22. The van der Waals surface area contributed by atoms with Crippen LogP contribution in [-0.4, -0.2) is 17.7 Å². The number of rotatable bonds is 6. The molecule has 0 fully saturated rings. The van der Waals surface area contributed by atoms with E-state index < -0.39 is 0 Å². The molecule has 110 valence electrons. The average Bonchev–Trinajstić information content (AvgIpc) is 2.50. The van der Waals surface area contributed by atoms with Crippen molar-refractivity contribution in [3.63, 3.8) is 0 Å². The van der Waals surface area contributed by atoms with Crippen LogP contribution in [-0.2, 0) is 0 Å². The molecule has 1 atom stereocenters. The van der Waals surface area contributed by atoms with Gasteiger partial charge in [0, 0.05) is 15.7 Å². The summed E-state index contributed by atoms with van der Waals surface area (Å²) in [6.07, 6.45) is 0. The van der Waals surface area contributed by atoms with E-state index in [4.69, 9.17) is 4.74 Å². The Balaban J connectivity index is 2.14. The monoisotopic (exact) mass is 410 g/mol. The molecule has 4 heteroatoms. The molecule has 1 unspecified atom stereocenters. The van der Waals surface area contributed by atoms with E-state index in [2.05, 4.69) is 44.0 Å². The van der Waals surface area contributed by atoms with E-state index in [-0.39, 0.29) is 11.7 Å². The summed E-state index contributed by atoms with van der Waals surface area (Å²) in [5.41, 5.74) is 1.82. The fourth-order valence-electron chi connectivity index (χ4n) is 2.05. The van der Waals surface area contributed by atoms with Gasteiger partial charge in [-0.1, -0.05) is 62.2 Å². The van der Waals surface area contributed by atoms with E-state index in [0.717, 1.165) is 9.80 Å². The Hall–Kier alpha value is -1.13. The van der Waals surface area contributed by atoms with Gasteiger partial charge in [-0.25, -0.2) is 0 Å². The molecule has 0 radical (unpaired) electrons. The SMILES string of the molecule is CC(=O)c1cc(Br)ccc1OCC(CBr)c1ccccc1. The van der Waals surface area contributed by atoms with Crippen LogP contribution in [0.5, 0.6) is 5.75 Å². The lowest BCUT2D eigenvalue weighted by Gasteiger charge is -2.17. The first-order valence-electron chi connectivity index (χ1n) is 6.66. The van der Waals surface area contributed by atoms with Crippen LogP contribution in [0.2, 0.25) is 0 Å². The van der Waals surface area contributed by atoms with Crippen molar-refractivity contribution in [2.24, 2.45) is 0 Å². The van der Waals surface area contributed by atoms with E-state index in [1.165, 1.54) is 5.56 Å². The Labute approximate surface area is 141 Å². The molecule has 0 aromatic heterocycles. The summed E-state index contributed by atoms with van der Waals surface area (Å²) in [4.78, 5) is 11.7. The maximum absolute atomic E-state index is 11.7. The van der Waals surface area contributed by atoms with Crippen molar-refractivity contribution in [3.05, 3.63) is 64.1 Å². The maximum atomic E-state index is 11.7. The first-order valence-corrected chi connectivity index (χ1v) is 8.57. The number of halogens is 2. The zero-order chi connectivity index (χ0) is 15.2. The lowest BCUT2D eigenvalue weighted by atomic mass is 10.0. The number of hydrogen-bond donors (Lipinski definition) is 0. The molecule has 0 aliphatic carbocycles. The van der Waals surface area contributed by atoms with Crippen LogP contribution < -0.4 is 4.74 Å². The number of ketones is 1. The van der Waals surface area contributed by atoms with Crippen LogP contribution in [0.1, 0.15) is 28.8 Å². The number of carbonyl (C=O) groups is 1. The number of alkyl halides is 1. The number of carbonyl (C=O) groups excluding carboxylic acids is 1. The van der Waals surface area contributed by atoms with Gasteiger partial charge in [0.25, 0.3) is 0 Å². The Morgan fingerprint density at radius 1 is 1.19 bits per heavy atom. The van der Waals surface area contributed by atoms with Gasteiger partial charge < -0.3 is 4.74 Å². The Morgan fingerprint density at radius 2 is 1.90 bits per heavy atom. The summed E-state index contributed by atoms with van der Waals surface area (Å²) in [7, 11) is 0. The first kappa shape index (κ1) is 16.2. The molecule has 2 nitrogen and oxygen atoms in total. The summed E-state index contributed by atoms with van der Waals surface area (Å²) < 4.78 is 6.76. The molecule has 0 amide bonds. The number of hydrogen-bond acceptors (Lipinski definition) is 2. The predicted octanol–water partition coefficient (Wildman–Crippen LogP) is 5.21. The van der Waals surface area contributed by atoms with Crippen LogP contribution in [0.25, 0.3) is 0 Å². The fourth-order valence-corrected chi connectivity index (χ4v) is 2.97. The van der Waals surface area contributed by atoms with Crippen molar-refractivity contribution in [3.8, 4) is 5.75 Å². The van der Waals surface area contributed by atoms with Crippen LogP contribution >= 0.6 is 31.9 Å². The van der Waals surface area contributed by atoms with E-state index in [9.17, 15) is 4.79 Å². The van der Waals surface area contributed by atoms with Gasteiger partial charge in [0.2, 0.25) is 0 Å². The summed E-state index contributed by atoms with van der Waals surface area (Å²) in [6.45, 7) is 2.07. The van der Waals surface area contributed by atoms with Gasteiger partial charge in [0.1, 0.15) is 5.75 Å². The minimum absolute atomic E-state index is 0.00130. The van der Waals surface area contributed by atoms with Crippen molar-refractivity contribution in [1.29, 1.82) is 0 Å². The van der Waals surface area contributed by atoms with Gasteiger partial charge in [0.15, 0.2) is 5.78 Å². The highest BCUT2D eigenvalue weighted by Gasteiger charge is 2.14. The molecule has 0 heterocycles. The van der Waals surface area contributed by atoms with Gasteiger partial charge in [0.05, 0.1) is 12.2 Å². The highest BCUT2D eigenvalue weighted by atomic mass is 79.9. The van der Waals surface area contributed by atoms with Crippen LogP contribution in [0.4, 0.5) is 0 Å². The molecule has 0 spiro atoms. The number of benzene rings is 2. The topological polar surface area (TPSA) is 26.3 Å². The average molecular weight is 412 g/mol. The number of Topliss-reactive ketones (excluding diaryl/α,β-unsaturated/α-hetero) is 1. The van der Waals surface area contributed by atoms with E-state index in [1.807, 2.05) is 30.3 Å². The first-order chi connectivity index (χ1) is 10.1. The van der Waals surface area contributed by atoms with Crippen molar-refractivity contribution < 1.29 is 9.53 Å². The standard InChI is InChI=1S/C17H16Br2O2/c1-12(20)16-9-15(19)7-8-17(16)21-11-14(10-18)13-5-3-2-4-6-13/h2-9,14H,10-11H2,1H3. The molecular formula is C17H16Br2O2. The predicted molar refractivity (Wildman–Crippen MR) is 92.6 cm³/mol. The van der Waals surface area contributed by atoms with Gasteiger partial charge in [-0.2, -0.15) is 0 Å². The van der Waals surface area contributed by atoms with E-state index in [1.54, 1.807) is 13.0 Å². The van der Waals surface area contributed by atoms with Crippen molar-refractivity contribution in [1.82, 2.24) is 0 Å². The second-order valence-electron chi connectivity index (χ2n) is 4.77. The zero-order valence-electron chi connectivity index (χ0n) is 11.7. The second-order valence-corrected chi connectivity index (χ2v) is 6.33. The number of ether oxygens (including phenoxy) is 1. The normalized spacial score (nSPS) is 12.0. The summed E-state index contributed by atoms with van der Waals surface area (Å²) in [5.74, 6) is 0.878. The Bertz CT molecular complexity index is 611. The lowest BCUT2D eigenvalue weighted by Crippen LogP contribution is -2.13. The van der Waals surface area contributed by atoms with Crippen molar-refractivity contribution >= 4 is 37.6 Å². The minimum atomic E-state index is 0.00130. The molecule has 0 aliphatic rings. The minimum Gasteiger partial charge on any atom is -0.492 e. The molecule has 2 rings (SSSR count). The zero-order valence-corrected chi connectivity index (χ0v) is 14.9. The third-order valence-corrected chi connectivity index (χ3v) is 4.49.